The molecule has 0 saturated carbocycles. The molecule has 3 N–H and O–H groups in total. The molecule has 98 valence electrons. The van der Waals surface area contributed by atoms with Crippen LogP contribution in [0.5, 0.6) is 5.75 Å². The van der Waals surface area contributed by atoms with Crippen molar-refractivity contribution >= 4 is 11.5 Å². The molecule has 0 bridgehead atoms. The topological polar surface area (TPSA) is 70.6 Å². The molecular formula is C13H18N2O3. The number of anilines is 1. The minimum atomic E-state index is -0.448. The van der Waals surface area contributed by atoms with Gasteiger partial charge in [0.2, 0.25) is 0 Å². The molecule has 1 aromatic carbocycles. The van der Waals surface area contributed by atoms with E-state index < -0.39 is 6.10 Å². The molecule has 5 nitrogen and oxygen atoms in total. The molecule has 1 aliphatic rings. The zero-order chi connectivity index (χ0) is 13.0. The minimum absolute atomic E-state index is 0.00539. The summed E-state index contributed by atoms with van der Waals surface area (Å²) >= 11 is 0. The molecule has 0 fully saturated rings. The van der Waals surface area contributed by atoms with Gasteiger partial charge >= 0.3 is 0 Å². The van der Waals surface area contributed by atoms with Gasteiger partial charge in [-0.05, 0) is 25.1 Å². The number of carbonyl (C=O) groups is 1. The molecule has 2 rings (SSSR count). The van der Waals surface area contributed by atoms with E-state index in [2.05, 4.69) is 10.6 Å². The summed E-state index contributed by atoms with van der Waals surface area (Å²) in [6.07, 6.45) is -0.448. The number of fused-ring (bicyclic) bond motifs is 1. The van der Waals surface area contributed by atoms with Crippen molar-refractivity contribution in [1.29, 1.82) is 0 Å². The predicted octanol–water partition coefficient (Wildman–Crippen LogP) is 0.644. The highest BCUT2D eigenvalue weighted by molar-refractivity contribution is 5.98. The normalized spacial score (nSPS) is 15.2. The largest absolute Gasteiger partial charge is 0.490 e. The third-order valence-corrected chi connectivity index (χ3v) is 2.70. The number of carbonyl (C=O) groups excluding carboxylic acids is 1. The Balaban J connectivity index is 1.98. The lowest BCUT2D eigenvalue weighted by atomic mass is 10.1. The maximum Gasteiger partial charge on any atom is 0.176 e. The minimum Gasteiger partial charge on any atom is -0.490 e. The monoisotopic (exact) mass is 250 g/mol. The number of aliphatic hydroxyl groups is 1. The van der Waals surface area contributed by atoms with E-state index >= 15 is 0 Å². The zero-order valence-electron chi connectivity index (χ0n) is 10.4. The van der Waals surface area contributed by atoms with Gasteiger partial charge in [0.05, 0.1) is 18.3 Å². The van der Waals surface area contributed by atoms with Crippen LogP contribution in [0, 0.1) is 0 Å². The molecule has 0 amide bonds. The Labute approximate surface area is 106 Å². The van der Waals surface area contributed by atoms with E-state index in [0.717, 1.165) is 18.0 Å². The average Bonchev–Trinajstić information content (AvgIpc) is 2.37. The lowest BCUT2D eigenvalue weighted by Crippen LogP contribution is -2.29. The van der Waals surface area contributed by atoms with E-state index in [4.69, 9.17) is 9.84 Å². The van der Waals surface area contributed by atoms with Crippen LogP contribution in [0.3, 0.4) is 0 Å². The van der Waals surface area contributed by atoms with Gasteiger partial charge in [0, 0.05) is 18.7 Å². The number of rotatable bonds is 5. The maximum atomic E-state index is 11.9. The third kappa shape index (κ3) is 3.21. The van der Waals surface area contributed by atoms with Crippen molar-refractivity contribution in [2.45, 2.75) is 13.0 Å². The summed E-state index contributed by atoms with van der Waals surface area (Å²) in [4.78, 5) is 11.9. The first-order valence-electron chi connectivity index (χ1n) is 6.09. The number of ketones is 1. The Hall–Kier alpha value is -1.59. The fraction of sp³-hybridized carbons (Fsp3) is 0.462. The molecule has 1 atom stereocenters. The van der Waals surface area contributed by atoms with Crippen LogP contribution >= 0.6 is 0 Å². The fourth-order valence-corrected chi connectivity index (χ4v) is 1.81. The fourth-order valence-electron chi connectivity index (χ4n) is 1.81. The summed E-state index contributed by atoms with van der Waals surface area (Å²) in [5, 5.41) is 15.2. The summed E-state index contributed by atoms with van der Waals surface area (Å²) in [5.41, 5.74) is 1.51. The van der Waals surface area contributed by atoms with Gasteiger partial charge in [0.1, 0.15) is 12.4 Å². The molecule has 0 aliphatic carbocycles. The summed E-state index contributed by atoms with van der Waals surface area (Å²) in [7, 11) is 0. The molecule has 0 aromatic heterocycles. The van der Waals surface area contributed by atoms with E-state index in [1.54, 1.807) is 19.1 Å². The van der Waals surface area contributed by atoms with Crippen LogP contribution in [0.15, 0.2) is 18.2 Å². The highest BCUT2D eigenvalue weighted by atomic mass is 16.5. The van der Waals surface area contributed by atoms with Crippen molar-refractivity contribution in [1.82, 2.24) is 5.32 Å². The van der Waals surface area contributed by atoms with Gasteiger partial charge in [0.15, 0.2) is 5.78 Å². The molecule has 1 unspecified atom stereocenters. The Morgan fingerprint density at radius 2 is 2.44 bits per heavy atom. The Morgan fingerprint density at radius 3 is 3.22 bits per heavy atom. The Morgan fingerprint density at radius 1 is 1.61 bits per heavy atom. The van der Waals surface area contributed by atoms with Crippen LogP contribution < -0.4 is 15.4 Å². The van der Waals surface area contributed by atoms with Crippen LogP contribution in [-0.2, 0) is 0 Å². The number of hydrogen-bond donors (Lipinski definition) is 3. The Bertz CT molecular complexity index is 432. The van der Waals surface area contributed by atoms with Crippen LogP contribution in [0.2, 0.25) is 0 Å². The lowest BCUT2D eigenvalue weighted by Gasteiger charge is -2.19. The quantitative estimate of drug-likeness (QED) is 0.669. The molecule has 0 spiro atoms. The van der Waals surface area contributed by atoms with Crippen molar-refractivity contribution in [2.24, 2.45) is 0 Å². The van der Waals surface area contributed by atoms with Gasteiger partial charge in [-0.15, -0.1) is 0 Å². The molecular weight excluding hydrogens is 232 g/mol. The van der Waals surface area contributed by atoms with E-state index in [9.17, 15) is 4.79 Å². The lowest BCUT2D eigenvalue weighted by molar-refractivity contribution is 0.0985. The second-order valence-electron chi connectivity index (χ2n) is 4.39. The van der Waals surface area contributed by atoms with Crippen molar-refractivity contribution in [3.05, 3.63) is 23.8 Å². The summed E-state index contributed by atoms with van der Waals surface area (Å²) in [6, 6.07) is 5.38. The number of Topliss-reactive ketones (excluding diaryl/α,β-unsaturated/α-hetero) is 1. The molecule has 1 aliphatic heterocycles. The molecule has 0 radical (unpaired) electrons. The number of nitrogens with one attached hydrogen (secondary N) is 2. The van der Waals surface area contributed by atoms with Crippen LogP contribution in [0.4, 0.5) is 5.69 Å². The van der Waals surface area contributed by atoms with E-state index in [-0.39, 0.29) is 12.3 Å². The molecule has 5 heteroatoms. The number of hydrogen-bond acceptors (Lipinski definition) is 5. The van der Waals surface area contributed by atoms with Crippen LogP contribution in [-0.4, -0.2) is 43.2 Å². The first-order valence-corrected chi connectivity index (χ1v) is 6.09. The van der Waals surface area contributed by atoms with Gasteiger partial charge < -0.3 is 20.5 Å². The first kappa shape index (κ1) is 12.9. The summed E-state index contributed by atoms with van der Waals surface area (Å²) < 4.78 is 5.45. The second-order valence-corrected chi connectivity index (χ2v) is 4.39. The van der Waals surface area contributed by atoms with Gasteiger partial charge in [-0.3, -0.25) is 4.79 Å². The van der Waals surface area contributed by atoms with E-state index in [0.29, 0.717) is 18.7 Å². The Kier molecular flexibility index (Phi) is 4.17. The standard InChI is InChI=1S/C13H18N2O3/c1-9(16)7-14-8-12(17)10-2-3-13-11(6-10)15-4-5-18-13/h2-3,6,9,14-16H,4-5,7-8H2,1H3. The van der Waals surface area contributed by atoms with Gasteiger partial charge in [-0.1, -0.05) is 0 Å². The first-order chi connectivity index (χ1) is 8.66. The SMILES string of the molecule is CC(O)CNCC(=O)c1ccc2c(c1)NCCO2. The summed E-state index contributed by atoms with van der Waals surface area (Å²) in [6.45, 7) is 3.72. The smallest absolute Gasteiger partial charge is 0.176 e. The van der Waals surface area contributed by atoms with Crippen LogP contribution in [0.1, 0.15) is 17.3 Å². The van der Waals surface area contributed by atoms with Crippen molar-refractivity contribution in [2.75, 3.05) is 31.6 Å². The maximum absolute atomic E-state index is 11.9. The van der Waals surface area contributed by atoms with Crippen LogP contribution in [0.25, 0.3) is 0 Å². The predicted molar refractivity (Wildman–Crippen MR) is 69.3 cm³/mol. The van der Waals surface area contributed by atoms with Crippen molar-refractivity contribution in [3.8, 4) is 5.75 Å². The van der Waals surface area contributed by atoms with Gasteiger partial charge in [0.25, 0.3) is 0 Å². The molecule has 0 saturated heterocycles. The van der Waals surface area contributed by atoms with Gasteiger partial charge in [-0.2, -0.15) is 0 Å². The highest BCUT2D eigenvalue weighted by Gasteiger charge is 2.13. The third-order valence-electron chi connectivity index (χ3n) is 2.70. The van der Waals surface area contributed by atoms with E-state index in [1.807, 2.05) is 6.07 Å². The highest BCUT2D eigenvalue weighted by Crippen LogP contribution is 2.27. The zero-order valence-corrected chi connectivity index (χ0v) is 10.4. The van der Waals surface area contributed by atoms with Crippen molar-refractivity contribution in [3.63, 3.8) is 0 Å². The molecule has 1 aromatic rings. The number of benzene rings is 1. The molecule has 1 heterocycles. The second kappa shape index (κ2) is 5.84. The van der Waals surface area contributed by atoms with E-state index in [1.165, 1.54) is 0 Å². The summed E-state index contributed by atoms with van der Waals surface area (Å²) in [5.74, 6) is 0.792. The van der Waals surface area contributed by atoms with Crippen molar-refractivity contribution < 1.29 is 14.6 Å². The van der Waals surface area contributed by atoms with Gasteiger partial charge in [-0.25, -0.2) is 0 Å². The number of ether oxygens (including phenoxy) is 1. The average molecular weight is 250 g/mol. The number of aliphatic hydroxyl groups excluding tert-OH is 1. The molecule has 18 heavy (non-hydrogen) atoms.